The van der Waals surface area contributed by atoms with Gasteiger partial charge in [-0.2, -0.15) is 0 Å². The van der Waals surface area contributed by atoms with Crippen molar-refractivity contribution in [2.75, 3.05) is 20.6 Å². The van der Waals surface area contributed by atoms with Crippen molar-refractivity contribution in [3.8, 4) is 0 Å². The molecule has 1 aromatic carbocycles. The molecule has 1 aliphatic heterocycles. The van der Waals surface area contributed by atoms with Gasteiger partial charge in [0.1, 0.15) is 0 Å². The van der Waals surface area contributed by atoms with E-state index in [2.05, 4.69) is 54.6 Å². The predicted molar refractivity (Wildman–Crippen MR) is 68.6 cm³/mol. The number of rotatable bonds is 3. The number of nitrogens with one attached hydrogen (secondary N) is 1. The second-order valence-corrected chi connectivity index (χ2v) is 4.83. The maximum atomic E-state index is 3.41. The van der Waals surface area contributed by atoms with Crippen molar-refractivity contribution in [3.05, 3.63) is 35.9 Å². The van der Waals surface area contributed by atoms with E-state index in [9.17, 15) is 0 Å². The molecule has 2 atom stereocenters. The van der Waals surface area contributed by atoms with E-state index in [1.807, 2.05) is 0 Å². The Morgan fingerprint density at radius 1 is 1.31 bits per heavy atom. The van der Waals surface area contributed by atoms with Gasteiger partial charge in [-0.1, -0.05) is 30.3 Å². The lowest BCUT2D eigenvalue weighted by Crippen LogP contribution is -2.46. The summed E-state index contributed by atoms with van der Waals surface area (Å²) in [6, 6.07) is 12.2. The first-order chi connectivity index (χ1) is 7.79. The fourth-order valence-electron chi connectivity index (χ4n) is 2.56. The Morgan fingerprint density at radius 3 is 2.75 bits per heavy atom. The molecular formula is C14H22N2. The van der Waals surface area contributed by atoms with Crippen LogP contribution in [0.5, 0.6) is 0 Å². The largest absolute Gasteiger partial charge is 0.317 e. The van der Waals surface area contributed by atoms with Crippen LogP contribution in [-0.2, 0) is 6.42 Å². The van der Waals surface area contributed by atoms with Gasteiger partial charge < -0.3 is 10.2 Å². The molecule has 0 spiro atoms. The summed E-state index contributed by atoms with van der Waals surface area (Å²) in [5.74, 6) is 0. The summed E-state index contributed by atoms with van der Waals surface area (Å²) in [4.78, 5) is 2.50. The Hall–Kier alpha value is -0.860. The molecule has 1 aliphatic rings. The van der Waals surface area contributed by atoms with E-state index in [4.69, 9.17) is 0 Å². The normalized spacial score (nSPS) is 26.9. The van der Waals surface area contributed by atoms with Crippen molar-refractivity contribution < 1.29 is 0 Å². The molecule has 2 unspecified atom stereocenters. The van der Waals surface area contributed by atoms with E-state index >= 15 is 0 Å². The molecule has 0 amide bonds. The highest BCUT2D eigenvalue weighted by molar-refractivity contribution is 5.16. The first kappa shape index (κ1) is 11.6. The van der Waals surface area contributed by atoms with Crippen LogP contribution in [0.3, 0.4) is 0 Å². The lowest BCUT2D eigenvalue weighted by Gasteiger charge is -2.37. The van der Waals surface area contributed by atoms with Crippen molar-refractivity contribution in [1.29, 1.82) is 0 Å². The van der Waals surface area contributed by atoms with Gasteiger partial charge in [-0.25, -0.2) is 0 Å². The van der Waals surface area contributed by atoms with E-state index in [0.29, 0.717) is 12.1 Å². The molecule has 0 aromatic heterocycles. The van der Waals surface area contributed by atoms with Crippen molar-refractivity contribution in [1.82, 2.24) is 10.2 Å². The summed E-state index contributed by atoms with van der Waals surface area (Å²) in [6.45, 7) is 1.21. The first-order valence-electron chi connectivity index (χ1n) is 6.21. The lowest BCUT2D eigenvalue weighted by atomic mass is 9.93. The van der Waals surface area contributed by atoms with Gasteiger partial charge >= 0.3 is 0 Å². The van der Waals surface area contributed by atoms with Crippen LogP contribution in [0.4, 0.5) is 0 Å². The summed E-state index contributed by atoms with van der Waals surface area (Å²) in [5.41, 5.74) is 1.45. The summed E-state index contributed by atoms with van der Waals surface area (Å²) >= 11 is 0. The van der Waals surface area contributed by atoms with Crippen LogP contribution in [-0.4, -0.2) is 37.6 Å². The Kier molecular flexibility index (Phi) is 3.97. The van der Waals surface area contributed by atoms with Gasteiger partial charge in [-0.05, 0) is 45.5 Å². The first-order valence-corrected chi connectivity index (χ1v) is 6.21. The standard InChI is InChI=1S/C14H22N2/c1-15-13-8-9-16(2)14(11-13)10-12-6-4-3-5-7-12/h3-7,13-15H,8-11H2,1-2H3. The number of piperidine rings is 1. The van der Waals surface area contributed by atoms with Crippen LogP contribution < -0.4 is 5.32 Å². The second-order valence-electron chi connectivity index (χ2n) is 4.83. The van der Waals surface area contributed by atoms with Gasteiger partial charge in [0.15, 0.2) is 0 Å². The van der Waals surface area contributed by atoms with E-state index in [1.165, 1.54) is 31.4 Å². The van der Waals surface area contributed by atoms with Gasteiger partial charge in [0.05, 0.1) is 0 Å². The van der Waals surface area contributed by atoms with Crippen molar-refractivity contribution >= 4 is 0 Å². The molecule has 2 heteroatoms. The van der Waals surface area contributed by atoms with Crippen LogP contribution in [0.1, 0.15) is 18.4 Å². The molecule has 88 valence electrons. The minimum atomic E-state index is 0.689. The molecule has 0 saturated carbocycles. The van der Waals surface area contributed by atoms with Gasteiger partial charge in [0.2, 0.25) is 0 Å². The number of likely N-dealkylation sites (N-methyl/N-ethyl adjacent to an activating group) is 1. The van der Waals surface area contributed by atoms with Crippen LogP contribution >= 0.6 is 0 Å². The zero-order valence-corrected chi connectivity index (χ0v) is 10.3. The van der Waals surface area contributed by atoms with E-state index in [1.54, 1.807) is 0 Å². The Morgan fingerprint density at radius 2 is 2.06 bits per heavy atom. The van der Waals surface area contributed by atoms with Crippen LogP contribution in [0, 0.1) is 0 Å². The minimum Gasteiger partial charge on any atom is -0.317 e. The van der Waals surface area contributed by atoms with E-state index in [0.717, 1.165) is 0 Å². The van der Waals surface area contributed by atoms with Crippen LogP contribution in [0.15, 0.2) is 30.3 Å². The topological polar surface area (TPSA) is 15.3 Å². The average Bonchev–Trinajstić information content (AvgIpc) is 2.33. The Labute approximate surface area is 98.7 Å². The molecule has 16 heavy (non-hydrogen) atoms. The summed E-state index contributed by atoms with van der Waals surface area (Å²) in [5, 5.41) is 3.41. The Balaban J connectivity index is 1.97. The molecule has 1 fully saturated rings. The molecule has 1 saturated heterocycles. The van der Waals surface area contributed by atoms with Crippen molar-refractivity contribution in [2.24, 2.45) is 0 Å². The molecule has 1 aromatic rings. The van der Waals surface area contributed by atoms with Gasteiger partial charge in [-0.3, -0.25) is 0 Å². The second kappa shape index (κ2) is 5.46. The number of hydrogen-bond donors (Lipinski definition) is 1. The molecule has 1 heterocycles. The minimum absolute atomic E-state index is 0.689. The third-order valence-corrected chi connectivity index (χ3v) is 3.73. The van der Waals surface area contributed by atoms with Crippen molar-refractivity contribution in [3.63, 3.8) is 0 Å². The van der Waals surface area contributed by atoms with E-state index < -0.39 is 0 Å². The Bertz CT molecular complexity index is 310. The maximum absolute atomic E-state index is 3.41. The third kappa shape index (κ3) is 2.83. The van der Waals surface area contributed by atoms with Gasteiger partial charge in [-0.15, -0.1) is 0 Å². The van der Waals surface area contributed by atoms with E-state index in [-0.39, 0.29) is 0 Å². The highest BCUT2D eigenvalue weighted by atomic mass is 15.1. The summed E-state index contributed by atoms with van der Waals surface area (Å²) in [7, 11) is 4.33. The molecule has 0 radical (unpaired) electrons. The highest BCUT2D eigenvalue weighted by Gasteiger charge is 2.24. The van der Waals surface area contributed by atoms with Crippen molar-refractivity contribution in [2.45, 2.75) is 31.3 Å². The number of benzene rings is 1. The summed E-state index contributed by atoms with van der Waals surface area (Å²) in [6.07, 6.45) is 3.72. The van der Waals surface area contributed by atoms with Crippen LogP contribution in [0.2, 0.25) is 0 Å². The predicted octanol–water partition coefficient (Wildman–Crippen LogP) is 1.91. The zero-order chi connectivity index (χ0) is 11.4. The van der Waals surface area contributed by atoms with Crippen LogP contribution in [0.25, 0.3) is 0 Å². The average molecular weight is 218 g/mol. The lowest BCUT2D eigenvalue weighted by molar-refractivity contribution is 0.158. The maximum Gasteiger partial charge on any atom is 0.0147 e. The highest BCUT2D eigenvalue weighted by Crippen LogP contribution is 2.19. The fourth-order valence-corrected chi connectivity index (χ4v) is 2.56. The molecule has 0 aliphatic carbocycles. The number of likely N-dealkylation sites (tertiary alicyclic amines) is 1. The molecule has 2 rings (SSSR count). The fraction of sp³-hybridized carbons (Fsp3) is 0.571. The van der Waals surface area contributed by atoms with Gasteiger partial charge in [0, 0.05) is 12.1 Å². The molecule has 2 nitrogen and oxygen atoms in total. The SMILES string of the molecule is CNC1CCN(C)C(Cc2ccccc2)C1. The molecule has 1 N–H and O–H groups in total. The molecular weight excluding hydrogens is 196 g/mol. The zero-order valence-electron chi connectivity index (χ0n) is 10.3. The third-order valence-electron chi connectivity index (χ3n) is 3.73. The smallest absolute Gasteiger partial charge is 0.0147 e. The van der Waals surface area contributed by atoms with Gasteiger partial charge in [0.25, 0.3) is 0 Å². The molecule has 0 bridgehead atoms. The number of nitrogens with zero attached hydrogens (tertiary/aromatic N) is 1. The number of hydrogen-bond acceptors (Lipinski definition) is 2. The monoisotopic (exact) mass is 218 g/mol. The summed E-state index contributed by atoms with van der Waals surface area (Å²) < 4.78 is 0. The quantitative estimate of drug-likeness (QED) is 0.834.